The second kappa shape index (κ2) is 8.25. The molecule has 0 aromatic carbocycles. The zero-order valence-corrected chi connectivity index (χ0v) is 16.8. The Balaban J connectivity index is 1.67. The highest BCUT2D eigenvalue weighted by molar-refractivity contribution is 5.74. The van der Waals surface area contributed by atoms with Crippen LogP contribution in [0.2, 0.25) is 0 Å². The van der Waals surface area contributed by atoms with E-state index >= 15 is 0 Å². The molecule has 4 rings (SSSR count). The summed E-state index contributed by atoms with van der Waals surface area (Å²) < 4.78 is 0. The summed E-state index contributed by atoms with van der Waals surface area (Å²) >= 11 is 0. The lowest BCUT2D eigenvalue weighted by molar-refractivity contribution is -0.129. The van der Waals surface area contributed by atoms with Gasteiger partial charge < -0.3 is 10.2 Å². The molecule has 1 aliphatic heterocycles. The first kappa shape index (κ1) is 18.8. The molecule has 1 fully saturated rings. The van der Waals surface area contributed by atoms with E-state index in [1.54, 1.807) is 19.3 Å². The Morgan fingerprint density at radius 1 is 1.25 bits per heavy atom. The van der Waals surface area contributed by atoms with Gasteiger partial charge in [0, 0.05) is 43.0 Å². The highest BCUT2D eigenvalue weighted by Gasteiger charge is 2.26. The first-order valence-corrected chi connectivity index (χ1v) is 10.4. The lowest BCUT2D eigenvalue weighted by Gasteiger charge is -2.32. The van der Waals surface area contributed by atoms with Gasteiger partial charge in [0.05, 0.1) is 12.2 Å². The van der Waals surface area contributed by atoms with Crippen molar-refractivity contribution in [3.8, 4) is 11.4 Å². The van der Waals surface area contributed by atoms with Crippen molar-refractivity contribution >= 4 is 11.7 Å². The Labute approximate surface area is 166 Å². The van der Waals surface area contributed by atoms with Crippen LogP contribution in [0, 0.1) is 5.92 Å². The highest BCUT2D eigenvalue weighted by atomic mass is 16.2. The largest absolute Gasteiger partial charge is 0.367 e. The summed E-state index contributed by atoms with van der Waals surface area (Å²) in [4.78, 5) is 27.7. The standard InChI is InChI=1S/C22H29N5O/c1-15(17-7-4-3-5-8-17)24-22-19-10-12-27(16(2)28)14-20(19)25-21(26-22)18-9-6-11-23-13-18/h6,9,11,13,15,17H,3-5,7-8,10,12,14H2,1-2H3,(H,24,25,26)/t15-/m1/s1. The monoisotopic (exact) mass is 379 g/mol. The Bertz CT molecular complexity index is 832. The van der Waals surface area contributed by atoms with E-state index in [9.17, 15) is 4.79 Å². The molecule has 0 unspecified atom stereocenters. The van der Waals surface area contributed by atoms with E-state index in [-0.39, 0.29) is 5.91 Å². The molecule has 2 aromatic rings. The van der Waals surface area contributed by atoms with Crippen LogP contribution >= 0.6 is 0 Å². The van der Waals surface area contributed by atoms with Crippen LogP contribution in [0.15, 0.2) is 24.5 Å². The molecule has 1 amide bonds. The number of nitrogens with zero attached hydrogens (tertiary/aromatic N) is 4. The minimum Gasteiger partial charge on any atom is -0.367 e. The van der Waals surface area contributed by atoms with Crippen molar-refractivity contribution in [3.63, 3.8) is 0 Å². The molecule has 1 atom stereocenters. The van der Waals surface area contributed by atoms with Crippen molar-refractivity contribution in [1.29, 1.82) is 0 Å². The number of pyridine rings is 1. The fourth-order valence-corrected chi connectivity index (χ4v) is 4.41. The van der Waals surface area contributed by atoms with Gasteiger partial charge in [-0.2, -0.15) is 0 Å². The predicted molar refractivity (Wildman–Crippen MR) is 110 cm³/mol. The minimum atomic E-state index is 0.0947. The molecule has 0 spiro atoms. The van der Waals surface area contributed by atoms with Crippen LogP contribution in [0.1, 0.15) is 57.2 Å². The summed E-state index contributed by atoms with van der Waals surface area (Å²) in [7, 11) is 0. The normalized spacial score (nSPS) is 18.4. The number of hydrogen-bond donors (Lipinski definition) is 1. The topological polar surface area (TPSA) is 71.0 Å². The molecule has 6 heteroatoms. The van der Waals surface area contributed by atoms with Crippen LogP contribution in [-0.4, -0.2) is 38.3 Å². The summed E-state index contributed by atoms with van der Waals surface area (Å²) in [6.45, 7) is 5.18. The van der Waals surface area contributed by atoms with E-state index in [1.807, 2.05) is 17.0 Å². The number of amides is 1. The van der Waals surface area contributed by atoms with Crippen LogP contribution in [0.5, 0.6) is 0 Å². The fraction of sp³-hybridized carbons (Fsp3) is 0.545. The maximum absolute atomic E-state index is 11.9. The van der Waals surface area contributed by atoms with Crippen LogP contribution < -0.4 is 5.32 Å². The third-order valence-electron chi connectivity index (χ3n) is 6.15. The van der Waals surface area contributed by atoms with Crippen LogP contribution in [-0.2, 0) is 17.8 Å². The summed E-state index contributed by atoms with van der Waals surface area (Å²) in [6, 6.07) is 4.26. The summed E-state index contributed by atoms with van der Waals surface area (Å²) in [5.74, 6) is 2.40. The number of rotatable bonds is 4. The molecule has 6 nitrogen and oxygen atoms in total. The van der Waals surface area contributed by atoms with Gasteiger partial charge in [0.1, 0.15) is 5.82 Å². The quantitative estimate of drug-likeness (QED) is 0.874. The van der Waals surface area contributed by atoms with E-state index in [4.69, 9.17) is 9.97 Å². The first-order chi connectivity index (χ1) is 13.6. The molecule has 148 valence electrons. The molecule has 0 radical (unpaired) electrons. The minimum absolute atomic E-state index is 0.0947. The molecule has 28 heavy (non-hydrogen) atoms. The van der Waals surface area contributed by atoms with Crippen molar-refractivity contribution in [1.82, 2.24) is 19.9 Å². The smallest absolute Gasteiger partial charge is 0.219 e. The average molecular weight is 380 g/mol. The predicted octanol–water partition coefficient (Wildman–Crippen LogP) is 3.82. The Kier molecular flexibility index (Phi) is 5.55. The van der Waals surface area contributed by atoms with Crippen LogP contribution in [0.3, 0.4) is 0 Å². The average Bonchev–Trinajstić information content (AvgIpc) is 2.74. The summed E-state index contributed by atoms with van der Waals surface area (Å²) in [5, 5.41) is 3.72. The van der Waals surface area contributed by atoms with Gasteiger partial charge in [0.15, 0.2) is 5.82 Å². The van der Waals surface area contributed by atoms with Crippen LogP contribution in [0.4, 0.5) is 5.82 Å². The maximum Gasteiger partial charge on any atom is 0.219 e. The van der Waals surface area contributed by atoms with Crippen LogP contribution in [0.25, 0.3) is 11.4 Å². The third-order valence-corrected chi connectivity index (χ3v) is 6.15. The molecule has 3 heterocycles. The van der Waals surface area contributed by atoms with Gasteiger partial charge in [-0.05, 0) is 44.2 Å². The zero-order chi connectivity index (χ0) is 19.5. The van der Waals surface area contributed by atoms with Gasteiger partial charge in [0.2, 0.25) is 5.91 Å². The molecule has 0 bridgehead atoms. The van der Waals surface area contributed by atoms with Gasteiger partial charge in [-0.3, -0.25) is 9.78 Å². The lowest BCUT2D eigenvalue weighted by atomic mass is 9.84. The molecule has 2 aliphatic rings. The molecule has 2 aromatic heterocycles. The number of carbonyl (C=O) groups excluding carboxylic acids is 1. The number of hydrogen-bond acceptors (Lipinski definition) is 5. The van der Waals surface area contributed by atoms with Gasteiger partial charge in [-0.25, -0.2) is 9.97 Å². The fourth-order valence-electron chi connectivity index (χ4n) is 4.41. The molecule has 0 saturated heterocycles. The van der Waals surface area contributed by atoms with Crippen molar-refractivity contribution in [2.45, 2.75) is 65.0 Å². The van der Waals surface area contributed by atoms with Gasteiger partial charge in [-0.15, -0.1) is 0 Å². The Hall–Kier alpha value is -2.50. The number of carbonyl (C=O) groups is 1. The summed E-state index contributed by atoms with van der Waals surface area (Å²) in [5.41, 5.74) is 3.01. The van der Waals surface area contributed by atoms with Gasteiger partial charge >= 0.3 is 0 Å². The highest BCUT2D eigenvalue weighted by Crippen LogP contribution is 2.31. The number of aromatic nitrogens is 3. The van der Waals surface area contributed by atoms with E-state index in [0.29, 0.717) is 24.3 Å². The zero-order valence-electron chi connectivity index (χ0n) is 16.8. The second-order valence-electron chi connectivity index (χ2n) is 8.08. The number of nitrogens with one attached hydrogen (secondary N) is 1. The van der Waals surface area contributed by atoms with Crippen molar-refractivity contribution in [3.05, 3.63) is 35.8 Å². The van der Waals surface area contributed by atoms with E-state index in [2.05, 4.69) is 17.2 Å². The molecular weight excluding hydrogens is 350 g/mol. The van der Waals surface area contributed by atoms with Gasteiger partial charge in [-0.1, -0.05) is 19.3 Å². The molecule has 1 aliphatic carbocycles. The summed E-state index contributed by atoms with van der Waals surface area (Å²) in [6.07, 6.45) is 10.9. The third kappa shape index (κ3) is 4.01. The van der Waals surface area contributed by atoms with Crippen molar-refractivity contribution < 1.29 is 4.79 Å². The lowest BCUT2D eigenvalue weighted by Crippen LogP contribution is -2.36. The Morgan fingerprint density at radius 2 is 2.07 bits per heavy atom. The SMILES string of the molecule is CC(=O)N1CCc2c(nc(-c3cccnc3)nc2N[C@H](C)C2CCCCC2)C1. The molecular formula is C22H29N5O. The van der Waals surface area contributed by atoms with E-state index in [1.165, 1.54) is 32.1 Å². The second-order valence-corrected chi connectivity index (χ2v) is 8.08. The van der Waals surface area contributed by atoms with E-state index in [0.717, 1.165) is 35.6 Å². The van der Waals surface area contributed by atoms with Crippen molar-refractivity contribution in [2.24, 2.45) is 5.92 Å². The van der Waals surface area contributed by atoms with Crippen molar-refractivity contribution in [2.75, 3.05) is 11.9 Å². The van der Waals surface area contributed by atoms with E-state index < -0.39 is 0 Å². The molecule has 1 N–H and O–H groups in total. The Morgan fingerprint density at radius 3 is 2.79 bits per heavy atom. The first-order valence-electron chi connectivity index (χ1n) is 10.4. The maximum atomic E-state index is 11.9. The van der Waals surface area contributed by atoms with Gasteiger partial charge in [0.25, 0.3) is 0 Å². The molecule has 1 saturated carbocycles. The number of anilines is 1. The number of fused-ring (bicyclic) bond motifs is 1.